The van der Waals surface area contributed by atoms with E-state index in [4.69, 9.17) is 9.47 Å². The number of thiazole rings is 1. The maximum absolute atomic E-state index is 12.4. The monoisotopic (exact) mass is 416 g/mol. The number of carbonyl (C=O) groups is 3. The van der Waals surface area contributed by atoms with Crippen LogP contribution in [0.4, 0.5) is 0 Å². The fraction of sp³-hybridized carbons (Fsp3) is 0.429. The topological polar surface area (TPSA) is 85.8 Å². The van der Waals surface area contributed by atoms with Gasteiger partial charge >= 0.3 is 11.9 Å². The van der Waals surface area contributed by atoms with Gasteiger partial charge in [-0.05, 0) is 26.7 Å². The smallest absolute Gasteiger partial charge is 0.350 e. The number of likely N-dealkylation sites (tertiary alicyclic amines) is 1. The van der Waals surface area contributed by atoms with E-state index in [0.717, 1.165) is 10.6 Å². The third kappa shape index (κ3) is 5.20. The summed E-state index contributed by atoms with van der Waals surface area (Å²) >= 11 is 1.25. The molecule has 1 aliphatic rings. The predicted molar refractivity (Wildman–Crippen MR) is 109 cm³/mol. The summed E-state index contributed by atoms with van der Waals surface area (Å²) in [5.74, 6) is -1.18. The number of nitrogens with zero attached hydrogens (tertiary/aromatic N) is 2. The molecule has 2 aromatic rings. The van der Waals surface area contributed by atoms with Crippen molar-refractivity contribution in [1.29, 1.82) is 0 Å². The molecule has 1 aliphatic heterocycles. The zero-order chi connectivity index (χ0) is 20.8. The molecular formula is C21H24N2O5S. The Kier molecular flexibility index (Phi) is 6.98. The minimum atomic E-state index is -0.544. The lowest BCUT2D eigenvalue weighted by Gasteiger charge is -2.30. The van der Waals surface area contributed by atoms with E-state index < -0.39 is 5.97 Å². The molecule has 3 rings (SSSR count). The van der Waals surface area contributed by atoms with Gasteiger partial charge in [0.05, 0.1) is 18.2 Å². The lowest BCUT2D eigenvalue weighted by molar-refractivity contribution is -0.151. The number of rotatable bonds is 6. The Morgan fingerprint density at radius 1 is 1.14 bits per heavy atom. The molecule has 154 valence electrons. The minimum Gasteiger partial charge on any atom is -0.466 e. The lowest BCUT2D eigenvalue weighted by atomic mass is 9.97. The second-order valence-electron chi connectivity index (χ2n) is 6.78. The molecule has 0 atom stereocenters. The van der Waals surface area contributed by atoms with Gasteiger partial charge in [-0.25, -0.2) is 9.78 Å². The fourth-order valence-electron chi connectivity index (χ4n) is 3.20. The molecule has 1 aromatic carbocycles. The molecule has 0 spiro atoms. The zero-order valence-electron chi connectivity index (χ0n) is 16.6. The number of esters is 2. The van der Waals surface area contributed by atoms with Crippen molar-refractivity contribution in [2.24, 2.45) is 5.92 Å². The van der Waals surface area contributed by atoms with Crippen molar-refractivity contribution in [3.63, 3.8) is 0 Å². The number of aromatic nitrogens is 1. The summed E-state index contributed by atoms with van der Waals surface area (Å²) in [5, 5.41) is 0.738. The molecule has 1 saturated heterocycles. The summed E-state index contributed by atoms with van der Waals surface area (Å²) in [4.78, 5) is 43.0. The van der Waals surface area contributed by atoms with Crippen LogP contribution in [0.2, 0.25) is 0 Å². The first kappa shape index (κ1) is 21.0. The molecule has 29 heavy (non-hydrogen) atoms. The molecule has 0 aliphatic carbocycles. The molecule has 1 aromatic heterocycles. The summed E-state index contributed by atoms with van der Waals surface area (Å²) in [7, 11) is 0. The minimum absolute atomic E-state index is 0.169. The molecule has 1 amide bonds. The third-order valence-corrected chi connectivity index (χ3v) is 5.98. The van der Waals surface area contributed by atoms with E-state index in [0.29, 0.717) is 43.1 Å². The van der Waals surface area contributed by atoms with Gasteiger partial charge in [0.15, 0.2) is 6.61 Å². The Labute approximate surface area is 173 Å². The van der Waals surface area contributed by atoms with E-state index >= 15 is 0 Å². The molecule has 8 heteroatoms. The second kappa shape index (κ2) is 9.65. The predicted octanol–water partition coefficient (Wildman–Crippen LogP) is 3.08. The molecule has 0 saturated carbocycles. The van der Waals surface area contributed by atoms with Gasteiger partial charge in [-0.1, -0.05) is 30.3 Å². The summed E-state index contributed by atoms with van der Waals surface area (Å²) in [6.45, 7) is 4.48. The van der Waals surface area contributed by atoms with Gasteiger partial charge in [0.25, 0.3) is 5.91 Å². The van der Waals surface area contributed by atoms with Crippen molar-refractivity contribution in [2.75, 3.05) is 26.3 Å². The summed E-state index contributed by atoms with van der Waals surface area (Å²) in [6.07, 6.45) is 1.12. The van der Waals surface area contributed by atoms with E-state index in [1.165, 1.54) is 11.3 Å². The molecule has 0 radical (unpaired) electrons. The van der Waals surface area contributed by atoms with Gasteiger partial charge in [0.1, 0.15) is 9.88 Å². The van der Waals surface area contributed by atoms with Crippen molar-refractivity contribution < 1.29 is 23.9 Å². The summed E-state index contributed by atoms with van der Waals surface area (Å²) < 4.78 is 10.3. The number of hydrogen-bond donors (Lipinski definition) is 0. The van der Waals surface area contributed by atoms with Crippen LogP contribution >= 0.6 is 11.3 Å². The number of amides is 1. The maximum atomic E-state index is 12.4. The van der Waals surface area contributed by atoms with Crippen LogP contribution in [0.15, 0.2) is 30.3 Å². The second-order valence-corrected chi connectivity index (χ2v) is 7.78. The van der Waals surface area contributed by atoms with Gasteiger partial charge < -0.3 is 14.4 Å². The van der Waals surface area contributed by atoms with Crippen LogP contribution in [0.25, 0.3) is 10.6 Å². The number of ether oxygens (including phenoxy) is 2. The van der Waals surface area contributed by atoms with Gasteiger partial charge in [-0.2, -0.15) is 0 Å². The van der Waals surface area contributed by atoms with Crippen molar-refractivity contribution in [3.05, 3.63) is 40.9 Å². The molecular weight excluding hydrogens is 392 g/mol. The maximum Gasteiger partial charge on any atom is 0.350 e. The average molecular weight is 416 g/mol. The van der Waals surface area contributed by atoms with Crippen molar-refractivity contribution in [3.8, 4) is 10.6 Å². The zero-order valence-corrected chi connectivity index (χ0v) is 17.4. The molecule has 0 bridgehead atoms. The highest BCUT2D eigenvalue weighted by Gasteiger charge is 2.29. The van der Waals surface area contributed by atoms with Crippen LogP contribution in [0.5, 0.6) is 0 Å². The number of hydrogen-bond acceptors (Lipinski definition) is 7. The third-order valence-electron chi connectivity index (χ3n) is 4.80. The fourth-order valence-corrected chi connectivity index (χ4v) is 4.16. The standard InChI is InChI=1S/C21H24N2O5S/c1-3-27-20(25)16-9-11-23(12-10-16)17(24)13-28-21(26)18-14(2)22-19(29-18)15-7-5-4-6-8-15/h4-8,16H,3,9-13H2,1-2H3. The quantitative estimate of drug-likeness (QED) is 0.673. The van der Waals surface area contributed by atoms with Crippen LogP contribution in [0.1, 0.15) is 35.1 Å². The SMILES string of the molecule is CCOC(=O)C1CCN(C(=O)COC(=O)c2sc(-c3ccccc3)nc2C)CC1. The van der Waals surface area contributed by atoms with E-state index in [2.05, 4.69) is 4.98 Å². The number of piperidine rings is 1. The molecule has 7 nitrogen and oxygen atoms in total. The summed E-state index contributed by atoms with van der Waals surface area (Å²) in [6, 6.07) is 9.59. The Hall–Kier alpha value is -2.74. The van der Waals surface area contributed by atoms with Gasteiger partial charge in [-0.15, -0.1) is 11.3 Å². The van der Waals surface area contributed by atoms with Crippen LogP contribution in [-0.2, 0) is 19.1 Å². The van der Waals surface area contributed by atoms with E-state index in [9.17, 15) is 14.4 Å². The summed E-state index contributed by atoms with van der Waals surface area (Å²) in [5.41, 5.74) is 1.52. The molecule has 0 unspecified atom stereocenters. The van der Waals surface area contributed by atoms with E-state index in [1.807, 2.05) is 30.3 Å². The Morgan fingerprint density at radius 2 is 1.83 bits per heavy atom. The number of carbonyl (C=O) groups excluding carboxylic acids is 3. The first-order chi connectivity index (χ1) is 14.0. The van der Waals surface area contributed by atoms with Crippen molar-refractivity contribution in [2.45, 2.75) is 26.7 Å². The van der Waals surface area contributed by atoms with Gasteiger partial charge in [0.2, 0.25) is 0 Å². The first-order valence-corrected chi connectivity index (χ1v) is 10.5. The average Bonchev–Trinajstić information content (AvgIpc) is 3.14. The van der Waals surface area contributed by atoms with Crippen molar-refractivity contribution in [1.82, 2.24) is 9.88 Å². The Morgan fingerprint density at radius 3 is 2.48 bits per heavy atom. The highest BCUT2D eigenvalue weighted by atomic mass is 32.1. The molecule has 0 N–H and O–H groups in total. The van der Waals surface area contributed by atoms with Crippen molar-refractivity contribution >= 4 is 29.2 Å². The van der Waals surface area contributed by atoms with Crippen LogP contribution in [0.3, 0.4) is 0 Å². The molecule has 2 heterocycles. The lowest BCUT2D eigenvalue weighted by Crippen LogP contribution is -2.42. The largest absolute Gasteiger partial charge is 0.466 e. The van der Waals surface area contributed by atoms with Crippen LogP contribution in [-0.4, -0.2) is 54.0 Å². The number of aryl methyl sites for hydroxylation is 1. The molecule has 1 fully saturated rings. The van der Waals surface area contributed by atoms with Crippen LogP contribution in [0, 0.1) is 12.8 Å². The van der Waals surface area contributed by atoms with Gasteiger partial charge in [0, 0.05) is 18.7 Å². The Balaban J connectivity index is 1.52. The van der Waals surface area contributed by atoms with Gasteiger partial charge in [-0.3, -0.25) is 9.59 Å². The highest BCUT2D eigenvalue weighted by molar-refractivity contribution is 7.17. The van der Waals surface area contributed by atoms with E-state index in [-0.39, 0.29) is 24.4 Å². The normalized spacial score (nSPS) is 14.5. The first-order valence-electron chi connectivity index (χ1n) is 9.64. The van der Waals surface area contributed by atoms with Crippen LogP contribution < -0.4 is 0 Å². The number of benzene rings is 1. The Bertz CT molecular complexity index is 872. The van der Waals surface area contributed by atoms with E-state index in [1.54, 1.807) is 18.7 Å². The highest BCUT2D eigenvalue weighted by Crippen LogP contribution is 2.28.